The minimum Gasteiger partial charge on any atom is -0.361 e. The molecule has 3 rings (SSSR count). The first-order valence-corrected chi connectivity index (χ1v) is 10.7. The van der Waals surface area contributed by atoms with Gasteiger partial charge in [0.05, 0.1) is 4.90 Å². The van der Waals surface area contributed by atoms with Crippen LogP contribution in [0.5, 0.6) is 0 Å². The lowest BCUT2D eigenvalue weighted by atomic mass is 10.0. The normalized spacial score (nSPS) is 13.0. The van der Waals surface area contributed by atoms with E-state index in [9.17, 15) is 13.2 Å². The van der Waals surface area contributed by atoms with E-state index in [0.29, 0.717) is 12.1 Å². The summed E-state index contributed by atoms with van der Waals surface area (Å²) >= 11 is 0. The molecule has 6 nitrogen and oxygen atoms in total. The summed E-state index contributed by atoms with van der Waals surface area (Å²) in [6.07, 6.45) is 2.22. The molecule has 1 heterocycles. The number of sulfonamides is 1. The van der Waals surface area contributed by atoms with Crippen molar-refractivity contribution in [2.75, 3.05) is 5.32 Å². The zero-order chi connectivity index (χ0) is 20.3. The number of nitrogens with one attached hydrogen (secondary N) is 3. The molecular weight excluding hydrogens is 374 g/mol. The number of rotatable bonds is 7. The Morgan fingerprint density at radius 2 is 1.79 bits per heavy atom. The van der Waals surface area contributed by atoms with E-state index in [2.05, 4.69) is 15.0 Å². The van der Waals surface area contributed by atoms with Crippen LogP contribution in [0.25, 0.3) is 10.9 Å². The van der Waals surface area contributed by atoms with Crippen molar-refractivity contribution in [1.29, 1.82) is 0 Å². The number of hydrogen-bond acceptors (Lipinski definition) is 3. The Bertz CT molecular complexity index is 1070. The van der Waals surface area contributed by atoms with E-state index in [1.165, 1.54) is 0 Å². The van der Waals surface area contributed by atoms with Crippen molar-refractivity contribution in [3.8, 4) is 0 Å². The molecule has 0 saturated heterocycles. The smallest absolute Gasteiger partial charge is 0.242 e. The third kappa shape index (κ3) is 4.79. The molecule has 1 atom stereocenters. The maximum absolute atomic E-state index is 12.8. The molecule has 1 unspecified atom stereocenters. The van der Waals surface area contributed by atoms with E-state index in [0.717, 1.165) is 16.5 Å². The molecule has 1 aromatic heterocycles. The average Bonchev–Trinajstić information content (AvgIpc) is 3.08. The zero-order valence-electron chi connectivity index (χ0n) is 16.2. The van der Waals surface area contributed by atoms with Crippen LogP contribution >= 0.6 is 0 Å². The molecule has 7 heteroatoms. The monoisotopic (exact) mass is 399 g/mol. The summed E-state index contributed by atoms with van der Waals surface area (Å²) in [4.78, 5) is 16.1. The van der Waals surface area contributed by atoms with Crippen LogP contribution in [0, 0.1) is 12.8 Å². The van der Waals surface area contributed by atoms with Gasteiger partial charge in [-0.2, -0.15) is 4.72 Å². The molecule has 148 valence electrons. The van der Waals surface area contributed by atoms with Gasteiger partial charge in [0.2, 0.25) is 15.9 Å². The molecule has 0 bridgehead atoms. The Labute approximate surface area is 165 Å². The van der Waals surface area contributed by atoms with E-state index >= 15 is 0 Å². The predicted octanol–water partition coefficient (Wildman–Crippen LogP) is 3.81. The summed E-state index contributed by atoms with van der Waals surface area (Å²) in [5.41, 5.74) is 2.56. The minimum absolute atomic E-state index is 0.142. The van der Waals surface area contributed by atoms with Crippen molar-refractivity contribution in [3.05, 3.63) is 60.3 Å². The van der Waals surface area contributed by atoms with Crippen LogP contribution in [0.3, 0.4) is 0 Å². The molecule has 2 aromatic carbocycles. The van der Waals surface area contributed by atoms with Gasteiger partial charge in [0.15, 0.2) is 0 Å². The van der Waals surface area contributed by atoms with Gasteiger partial charge in [-0.1, -0.05) is 31.5 Å². The molecular formula is C21H25N3O3S. The SMILES string of the molecule is Cc1ccc(S(=O)(=O)NC(CC(C)C)C(=O)Nc2ccc3[nH]ccc3c2)cc1. The first-order valence-electron chi connectivity index (χ1n) is 9.21. The second-order valence-corrected chi connectivity index (χ2v) is 9.10. The van der Waals surface area contributed by atoms with Crippen molar-refractivity contribution in [1.82, 2.24) is 9.71 Å². The topological polar surface area (TPSA) is 91.1 Å². The first-order chi connectivity index (χ1) is 13.2. The maximum atomic E-state index is 12.8. The lowest BCUT2D eigenvalue weighted by Crippen LogP contribution is -2.44. The number of aryl methyl sites for hydroxylation is 1. The van der Waals surface area contributed by atoms with Gasteiger partial charge in [0, 0.05) is 22.8 Å². The Hall–Kier alpha value is -2.64. The molecule has 0 saturated carbocycles. The molecule has 0 spiro atoms. The van der Waals surface area contributed by atoms with Crippen molar-refractivity contribution < 1.29 is 13.2 Å². The highest BCUT2D eigenvalue weighted by atomic mass is 32.2. The molecule has 0 aliphatic carbocycles. The van der Waals surface area contributed by atoms with Crippen LogP contribution in [0.15, 0.2) is 59.6 Å². The molecule has 1 amide bonds. The average molecular weight is 400 g/mol. The van der Waals surface area contributed by atoms with Gasteiger partial charge in [0.1, 0.15) is 6.04 Å². The standard InChI is InChI=1S/C21H25N3O3S/c1-14(2)12-20(24-28(26,27)18-7-4-15(3)5-8-18)21(25)23-17-6-9-19-16(13-17)10-11-22-19/h4-11,13-14,20,22,24H,12H2,1-3H3,(H,23,25). The highest BCUT2D eigenvalue weighted by Gasteiger charge is 2.26. The number of anilines is 1. The number of H-pyrrole nitrogens is 1. The zero-order valence-corrected chi connectivity index (χ0v) is 17.0. The second-order valence-electron chi connectivity index (χ2n) is 7.39. The highest BCUT2D eigenvalue weighted by Crippen LogP contribution is 2.19. The lowest BCUT2D eigenvalue weighted by Gasteiger charge is -2.20. The van der Waals surface area contributed by atoms with Gasteiger partial charge in [0.25, 0.3) is 0 Å². The largest absolute Gasteiger partial charge is 0.361 e. The fraction of sp³-hybridized carbons (Fsp3) is 0.286. The van der Waals surface area contributed by atoms with Crippen LogP contribution in [0.2, 0.25) is 0 Å². The van der Waals surface area contributed by atoms with Gasteiger partial charge in [-0.3, -0.25) is 4.79 Å². The molecule has 0 aliphatic rings. The Morgan fingerprint density at radius 3 is 2.46 bits per heavy atom. The van der Waals surface area contributed by atoms with Crippen LogP contribution < -0.4 is 10.0 Å². The van der Waals surface area contributed by atoms with E-state index < -0.39 is 16.1 Å². The molecule has 3 N–H and O–H groups in total. The second kappa shape index (κ2) is 8.16. The third-order valence-electron chi connectivity index (χ3n) is 4.47. The first kappa shape index (κ1) is 20.1. The minimum atomic E-state index is -3.80. The highest BCUT2D eigenvalue weighted by molar-refractivity contribution is 7.89. The summed E-state index contributed by atoms with van der Waals surface area (Å²) in [7, 11) is -3.80. The van der Waals surface area contributed by atoms with E-state index in [-0.39, 0.29) is 16.7 Å². The fourth-order valence-electron chi connectivity index (χ4n) is 3.01. The van der Waals surface area contributed by atoms with E-state index in [1.54, 1.807) is 30.3 Å². The summed E-state index contributed by atoms with van der Waals surface area (Å²) in [6.45, 7) is 5.79. The van der Waals surface area contributed by atoms with Crippen molar-refractivity contribution in [3.63, 3.8) is 0 Å². The number of fused-ring (bicyclic) bond motifs is 1. The van der Waals surface area contributed by atoms with Crippen LogP contribution in [0.1, 0.15) is 25.8 Å². The Morgan fingerprint density at radius 1 is 1.07 bits per heavy atom. The number of carbonyl (C=O) groups excluding carboxylic acids is 1. The van der Waals surface area contributed by atoms with Gasteiger partial charge >= 0.3 is 0 Å². The lowest BCUT2D eigenvalue weighted by molar-refractivity contribution is -0.118. The summed E-state index contributed by atoms with van der Waals surface area (Å²) < 4.78 is 28.0. The summed E-state index contributed by atoms with van der Waals surface area (Å²) in [5.74, 6) is -0.233. The number of carbonyl (C=O) groups is 1. The van der Waals surface area contributed by atoms with Crippen molar-refractivity contribution in [2.24, 2.45) is 5.92 Å². The van der Waals surface area contributed by atoms with E-state index in [1.807, 2.05) is 45.2 Å². The van der Waals surface area contributed by atoms with Crippen LogP contribution in [-0.4, -0.2) is 25.4 Å². The number of benzene rings is 2. The number of hydrogen-bond donors (Lipinski definition) is 3. The van der Waals surface area contributed by atoms with E-state index in [4.69, 9.17) is 0 Å². The van der Waals surface area contributed by atoms with Gasteiger partial charge in [-0.05, 0) is 55.7 Å². The number of aromatic nitrogens is 1. The third-order valence-corrected chi connectivity index (χ3v) is 5.96. The molecule has 3 aromatic rings. The number of aromatic amines is 1. The summed E-state index contributed by atoms with van der Waals surface area (Å²) in [5, 5.41) is 3.80. The quantitative estimate of drug-likeness (QED) is 0.564. The van der Waals surface area contributed by atoms with Crippen LogP contribution in [-0.2, 0) is 14.8 Å². The maximum Gasteiger partial charge on any atom is 0.242 e. The van der Waals surface area contributed by atoms with Crippen molar-refractivity contribution >= 4 is 32.5 Å². The van der Waals surface area contributed by atoms with Gasteiger partial charge in [-0.25, -0.2) is 8.42 Å². The fourth-order valence-corrected chi connectivity index (χ4v) is 4.22. The summed E-state index contributed by atoms with van der Waals surface area (Å²) in [6, 6.07) is 13.1. The molecule has 28 heavy (non-hydrogen) atoms. The Kier molecular flexibility index (Phi) is 5.86. The Balaban J connectivity index is 1.80. The predicted molar refractivity (Wildman–Crippen MR) is 112 cm³/mol. The molecule has 0 fully saturated rings. The van der Waals surface area contributed by atoms with Crippen molar-refractivity contribution in [2.45, 2.75) is 38.1 Å². The molecule has 0 aliphatic heterocycles. The number of amides is 1. The van der Waals surface area contributed by atoms with Gasteiger partial charge in [-0.15, -0.1) is 0 Å². The molecule has 0 radical (unpaired) electrons. The van der Waals surface area contributed by atoms with Crippen LogP contribution in [0.4, 0.5) is 5.69 Å². The van der Waals surface area contributed by atoms with Gasteiger partial charge < -0.3 is 10.3 Å².